The summed E-state index contributed by atoms with van der Waals surface area (Å²) in [5.41, 5.74) is 7.22. The zero-order chi connectivity index (χ0) is 13.0. The van der Waals surface area contributed by atoms with Gasteiger partial charge in [-0.2, -0.15) is 0 Å². The molecule has 0 aliphatic heterocycles. The first-order chi connectivity index (χ1) is 8.65. The van der Waals surface area contributed by atoms with E-state index in [0.29, 0.717) is 19.1 Å². The molecule has 18 heavy (non-hydrogen) atoms. The van der Waals surface area contributed by atoms with Crippen LogP contribution in [0.4, 0.5) is 0 Å². The second-order valence-corrected chi connectivity index (χ2v) is 5.06. The topological polar surface area (TPSA) is 58.4 Å². The normalized spacial score (nSPS) is 16.6. The summed E-state index contributed by atoms with van der Waals surface area (Å²) in [4.78, 5) is 13.6. The molecule has 0 radical (unpaired) electrons. The molecule has 0 aromatic heterocycles. The molecule has 1 fully saturated rings. The maximum atomic E-state index is 11.6. The molecule has 2 rings (SSSR count). The van der Waals surface area contributed by atoms with Crippen molar-refractivity contribution in [1.82, 2.24) is 10.2 Å². The highest BCUT2D eigenvalue weighted by atomic mass is 16.2. The third-order valence-electron chi connectivity index (χ3n) is 3.09. The van der Waals surface area contributed by atoms with Crippen molar-refractivity contribution in [3.8, 4) is 0 Å². The van der Waals surface area contributed by atoms with E-state index in [1.54, 1.807) is 0 Å². The summed E-state index contributed by atoms with van der Waals surface area (Å²) >= 11 is 0. The van der Waals surface area contributed by atoms with Gasteiger partial charge in [0.25, 0.3) is 0 Å². The van der Waals surface area contributed by atoms with E-state index >= 15 is 0 Å². The molecule has 1 aliphatic carbocycles. The number of rotatable bonds is 6. The fourth-order valence-electron chi connectivity index (χ4n) is 1.95. The number of nitrogens with zero attached hydrogens (tertiary/aromatic N) is 1. The number of nitrogens with two attached hydrogens (primary N) is 1. The standard InChI is InChI=1S/C14H21N3O/c1-17(10-14(18)16-12-7-8-12)9-13(15)11-5-3-2-4-6-11/h2-6,12-13H,7-10,15H2,1H3,(H,16,18). The maximum Gasteiger partial charge on any atom is 0.234 e. The Bertz CT molecular complexity index is 389. The predicted octanol–water partition coefficient (Wildman–Crippen LogP) is 0.897. The van der Waals surface area contributed by atoms with Crippen molar-refractivity contribution in [3.63, 3.8) is 0 Å². The average molecular weight is 247 g/mol. The van der Waals surface area contributed by atoms with Crippen LogP contribution in [0.5, 0.6) is 0 Å². The van der Waals surface area contributed by atoms with E-state index in [-0.39, 0.29) is 11.9 Å². The van der Waals surface area contributed by atoms with Crippen molar-refractivity contribution in [2.45, 2.75) is 24.9 Å². The second-order valence-electron chi connectivity index (χ2n) is 5.06. The van der Waals surface area contributed by atoms with E-state index in [1.807, 2.05) is 42.3 Å². The van der Waals surface area contributed by atoms with Crippen LogP contribution in [0.2, 0.25) is 0 Å². The number of carbonyl (C=O) groups is 1. The van der Waals surface area contributed by atoms with Crippen molar-refractivity contribution in [3.05, 3.63) is 35.9 Å². The summed E-state index contributed by atoms with van der Waals surface area (Å²) in [6.07, 6.45) is 2.25. The molecule has 1 aromatic carbocycles. The number of amides is 1. The van der Waals surface area contributed by atoms with Gasteiger partial charge in [0.1, 0.15) is 0 Å². The maximum absolute atomic E-state index is 11.6. The number of benzene rings is 1. The van der Waals surface area contributed by atoms with Gasteiger partial charge in [-0.15, -0.1) is 0 Å². The Morgan fingerprint density at radius 3 is 2.72 bits per heavy atom. The molecule has 0 spiro atoms. The average Bonchev–Trinajstić information content (AvgIpc) is 3.13. The van der Waals surface area contributed by atoms with Crippen molar-refractivity contribution < 1.29 is 4.79 Å². The highest BCUT2D eigenvalue weighted by Gasteiger charge is 2.23. The van der Waals surface area contributed by atoms with Gasteiger partial charge in [-0.3, -0.25) is 9.69 Å². The quantitative estimate of drug-likeness (QED) is 0.785. The van der Waals surface area contributed by atoms with Gasteiger partial charge in [-0.25, -0.2) is 0 Å². The molecular formula is C14H21N3O. The van der Waals surface area contributed by atoms with Crippen molar-refractivity contribution in [1.29, 1.82) is 0 Å². The number of hydrogen-bond acceptors (Lipinski definition) is 3. The number of hydrogen-bond donors (Lipinski definition) is 2. The Kier molecular flexibility index (Phi) is 4.33. The lowest BCUT2D eigenvalue weighted by Crippen LogP contribution is -2.39. The lowest BCUT2D eigenvalue weighted by atomic mass is 10.1. The van der Waals surface area contributed by atoms with E-state index in [2.05, 4.69) is 5.32 Å². The molecule has 3 N–H and O–H groups in total. The van der Waals surface area contributed by atoms with Gasteiger partial charge in [-0.1, -0.05) is 30.3 Å². The minimum Gasteiger partial charge on any atom is -0.352 e. The van der Waals surface area contributed by atoms with Gasteiger partial charge in [0.2, 0.25) is 5.91 Å². The molecule has 1 amide bonds. The minimum absolute atomic E-state index is 0.0510. The molecule has 0 heterocycles. The van der Waals surface area contributed by atoms with E-state index in [9.17, 15) is 4.79 Å². The molecule has 4 heteroatoms. The van der Waals surface area contributed by atoms with Gasteiger partial charge in [-0.05, 0) is 25.5 Å². The molecule has 1 aromatic rings. The smallest absolute Gasteiger partial charge is 0.234 e. The summed E-state index contributed by atoms with van der Waals surface area (Å²) in [5.74, 6) is 0.0975. The Morgan fingerprint density at radius 2 is 2.11 bits per heavy atom. The third kappa shape index (κ3) is 4.13. The first-order valence-electron chi connectivity index (χ1n) is 6.43. The van der Waals surface area contributed by atoms with Crippen LogP contribution in [0.25, 0.3) is 0 Å². The van der Waals surface area contributed by atoms with Gasteiger partial charge >= 0.3 is 0 Å². The molecule has 1 unspecified atom stereocenters. The summed E-state index contributed by atoms with van der Waals surface area (Å²) in [6.45, 7) is 1.10. The van der Waals surface area contributed by atoms with Crippen LogP contribution in [0.1, 0.15) is 24.4 Å². The SMILES string of the molecule is CN(CC(=O)NC1CC1)CC(N)c1ccccc1. The summed E-state index contributed by atoms with van der Waals surface area (Å²) in [5, 5.41) is 2.98. The van der Waals surface area contributed by atoms with Gasteiger partial charge in [0.15, 0.2) is 0 Å². The molecular weight excluding hydrogens is 226 g/mol. The molecule has 1 aliphatic rings. The summed E-state index contributed by atoms with van der Waals surface area (Å²) in [7, 11) is 1.93. The minimum atomic E-state index is -0.0510. The summed E-state index contributed by atoms with van der Waals surface area (Å²) in [6, 6.07) is 10.3. The van der Waals surface area contributed by atoms with E-state index in [4.69, 9.17) is 5.73 Å². The third-order valence-corrected chi connectivity index (χ3v) is 3.09. The Labute approximate surface area is 108 Å². The number of likely N-dealkylation sites (N-methyl/N-ethyl adjacent to an activating group) is 1. The number of nitrogens with one attached hydrogen (secondary N) is 1. The Balaban J connectivity index is 1.75. The molecule has 0 bridgehead atoms. The molecule has 98 valence electrons. The number of carbonyl (C=O) groups excluding carboxylic acids is 1. The van der Waals surface area contributed by atoms with Crippen molar-refractivity contribution in [2.75, 3.05) is 20.1 Å². The van der Waals surface area contributed by atoms with Crippen molar-refractivity contribution in [2.24, 2.45) is 5.73 Å². The zero-order valence-corrected chi connectivity index (χ0v) is 10.8. The van der Waals surface area contributed by atoms with E-state index in [0.717, 1.165) is 18.4 Å². The Morgan fingerprint density at radius 1 is 1.44 bits per heavy atom. The fraction of sp³-hybridized carbons (Fsp3) is 0.500. The predicted molar refractivity (Wildman–Crippen MR) is 72.0 cm³/mol. The zero-order valence-electron chi connectivity index (χ0n) is 10.8. The molecule has 0 saturated heterocycles. The van der Waals surface area contributed by atoms with E-state index in [1.165, 1.54) is 0 Å². The van der Waals surface area contributed by atoms with Gasteiger partial charge in [0, 0.05) is 18.6 Å². The van der Waals surface area contributed by atoms with Crippen LogP contribution >= 0.6 is 0 Å². The van der Waals surface area contributed by atoms with Crippen LogP contribution in [0, 0.1) is 0 Å². The van der Waals surface area contributed by atoms with Crippen LogP contribution in [0.3, 0.4) is 0 Å². The Hall–Kier alpha value is -1.39. The molecule has 1 saturated carbocycles. The fourth-order valence-corrected chi connectivity index (χ4v) is 1.95. The van der Waals surface area contributed by atoms with Crippen LogP contribution in [-0.4, -0.2) is 37.0 Å². The molecule has 4 nitrogen and oxygen atoms in total. The van der Waals surface area contributed by atoms with E-state index < -0.39 is 0 Å². The lowest BCUT2D eigenvalue weighted by Gasteiger charge is -2.21. The largest absolute Gasteiger partial charge is 0.352 e. The van der Waals surface area contributed by atoms with Gasteiger partial charge < -0.3 is 11.1 Å². The van der Waals surface area contributed by atoms with Gasteiger partial charge in [0.05, 0.1) is 6.54 Å². The first-order valence-corrected chi connectivity index (χ1v) is 6.43. The molecule has 1 atom stereocenters. The monoisotopic (exact) mass is 247 g/mol. The second kappa shape index (κ2) is 5.98. The highest BCUT2D eigenvalue weighted by Crippen LogP contribution is 2.18. The lowest BCUT2D eigenvalue weighted by molar-refractivity contribution is -0.122. The first kappa shape index (κ1) is 13.1. The van der Waals surface area contributed by atoms with Crippen molar-refractivity contribution >= 4 is 5.91 Å². The summed E-state index contributed by atoms with van der Waals surface area (Å²) < 4.78 is 0. The van der Waals surface area contributed by atoms with Crippen LogP contribution in [0.15, 0.2) is 30.3 Å². The highest BCUT2D eigenvalue weighted by molar-refractivity contribution is 5.78. The van der Waals surface area contributed by atoms with Crippen LogP contribution < -0.4 is 11.1 Å². The van der Waals surface area contributed by atoms with Crippen LogP contribution in [-0.2, 0) is 4.79 Å².